The molecule has 0 fully saturated rings. The lowest BCUT2D eigenvalue weighted by Crippen LogP contribution is -2.09. The Morgan fingerprint density at radius 1 is 1.45 bits per heavy atom. The number of nitrogens with zero attached hydrogens (tertiary/aromatic N) is 1. The van der Waals surface area contributed by atoms with Gasteiger partial charge < -0.3 is 4.74 Å². The van der Waals surface area contributed by atoms with E-state index < -0.39 is 0 Å². The summed E-state index contributed by atoms with van der Waals surface area (Å²) in [7, 11) is 5.44. The first-order chi connectivity index (χ1) is 5.18. The number of rotatable bonds is 2. The van der Waals surface area contributed by atoms with E-state index in [2.05, 4.69) is 4.98 Å². The van der Waals surface area contributed by atoms with Crippen molar-refractivity contribution in [1.29, 1.82) is 0 Å². The summed E-state index contributed by atoms with van der Waals surface area (Å²) < 4.78 is 5.30. The molecule has 0 aliphatic heterocycles. The molecule has 0 N–H and O–H groups in total. The van der Waals surface area contributed by atoms with E-state index in [0.717, 1.165) is 0 Å². The van der Waals surface area contributed by atoms with Gasteiger partial charge in [0.15, 0.2) is 0 Å². The van der Waals surface area contributed by atoms with Crippen molar-refractivity contribution in [2.24, 2.45) is 0 Å². The van der Waals surface area contributed by atoms with Crippen molar-refractivity contribution in [3.63, 3.8) is 0 Å². The molecule has 0 unspecified atom stereocenters. The number of pyridine rings is 1. The van der Waals surface area contributed by atoms with Crippen LogP contribution in [0.4, 0.5) is 0 Å². The second-order valence-electron chi connectivity index (χ2n) is 2.60. The van der Waals surface area contributed by atoms with E-state index in [4.69, 9.17) is 12.6 Å². The Kier molecular flexibility index (Phi) is 2.52. The topological polar surface area (TPSA) is 22.1 Å². The molecule has 0 saturated heterocycles. The molecule has 2 nitrogen and oxygen atoms in total. The van der Waals surface area contributed by atoms with Crippen molar-refractivity contribution < 1.29 is 4.74 Å². The Hall–Kier alpha value is -0.985. The summed E-state index contributed by atoms with van der Waals surface area (Å²) >= 11 is 0. The van der Waals surface area contributed by atoms with Crippen LogP contribution in [0.2, 0.25) is 0 Å². The van der Waals surface area contributed by atoms with Crippen molar-refractivity contribution in [3.8, 4) is 5.88 Å². The fourth-order valence-corrected chi connectivity index (χ4v) is 0.703. The van der Waals surface area contributed by atoms with Crippen molar-refractivity contribution in [2.45, 2.75) is 20.0 Å². The summed E-state index contributed by atoms with van der Waals surface area (Å²) in [5.41, 5.74) is 0.654. The van der Waals surface area contributed by atoms with E-state index >= 15 is 0 Å². The van der Waals surface area contributed by atoms with E-state index in [1.165, 1.54) is 0 Å². The van der Waals surface area contributed by atoms with Crippen molar-refractivity contribution >= 4 is 13.3 Å². The van der Waals surface area contributed by atoms with Crippen LogP contribution in [-0.2, 0) is 0 Å². The molecule has 0 spiro atoms. The molecule has 0 amide bonds. The van der Waals surface area contributed by atoms with Gasteiger partial charge in [-0.2, -0.15) is 0 Å². The molecule has 0 aliphatic rings. The van der Waals surface area contributed by atoms with Gasteiger partial charge in [0, 0.05) is 6.20 Å². The Morgan fingerprint density at radius 3 is 2.64 bits per heavy atom. The van der Waals surface area contributed by atoms with Crippen molar-refractivity contribution in [2.75, 3.05) is 0 Å². The van der Waals surface area contributed by atoms with Gasteiger partial charge in [0.25, 0.3) is 0 Å². The molecule has 3 heteroatoms. The summed E-state index contributed by atoms with van der Waals surface area (Å²) in [6.07, 6.45) is 1.74. The molecule has 1 rings (SSSR count). The van der Waals surface area contributed by atoms with Crippen LogP contribution in [0.25, 0.3) is 0 Å². The Bertz CT molecular complexity index is 220. The maximum Gasteiger partial charge on any atom is 0.213 e. The van der Waals surface area contributed by atoms with Gasteiger partial charge in [-0.3, -0.25) is 0 Å². The van der Waals surface area contributed by atoms with E-state index in [0.29, 0.717) is 11.3 Å². The van der Waals surface area contributed by atoms with Gasteiger partial charge in [-0.05, 0) is 19.9 Å². The van der Waals surface area contributed by atoms with Crippen LogP contribution in [0.1, 0.15) is 13.8 Å². The van der Waals surface area contributed by atoms with E-state index in [9.17, 15) is 0 Å². The third-order valence-corrected chi connectivity index (χ3v) is 1.12. The predicted molar refractivity (Wildman–Crippen MR) is 45.4 cm³/mol. The van der Waals surface area contributed by atoms with Crippen molar-refractivity contribution in [3.05, 3.63) is 18.3 Å². The third kappa shape index (κ3) is 2.62. The largest absolute Gasteiger partial charge is 0.475 e. The van der Waals surface area contributed by atoms with E-state index in [1.807, 2.05) is 13.8 Å². The first kappa shape index (κ1) is 8.11. The molecule has 1 aromatic rings. The Morgan fingerprint density at radius 2 is 2.18 bits per heavy atom. The summed E-state index contributed by atoms with van der Waals surface area (Å²) in [5, 5.41) is 0. The molecule has 0 saturated carbocycles. The second-order valence-corrected chi connectivity index (χ2v) is 2.60. The zero-order valence-corrected chi connectivity index (χ0v) is 6.74. The Labute approximate surface area is 68.0 Å². The molecule has 11 heavy (non-hydrogen) atoms. The van der Waals surface area contributed by atoms with Crippen LogP contribution in [0.3, 0.4) is 0 Å². The number of hydrogen-bond donors (Lipinski definition) is 0. The second kappa shape index (κ2) is 3.42. The van der Waals surface area contributed by atoms with Gasteiger partial charge in [0.2, 0.25) is 5.88 Å². The molecule has 0 aliphatic carbocycles. The number of hydrogen-bond acceptors (Lipinski definition) is 2. The fraction of sp³-hybridized carbons (Fsp3) is 0.375. The van der Waals surface area contributed by atoms with Crippen LogP contribution in [0, 0.1) is 0 Å². The molecular weight excluding hydrogens is 137 g/mol. The van der Waals surface area contributed by atoms with Crippen LogP contribution in [-0.4, -0.2) is 18.9 Å². The maximum absolute atomic E-state index is 5.44. The van der Waals surface area contributed by atoms with Crippen LogP contribution < -0.4 is 10.2 Å². The van der Waals surface area contributed by atoms with Gasteiger partial charge in [0.05, 0.1) is 6.10 Å². The smallest absolute Gasteiger partial charge is 0.213 e. The Balaban J connectivity index is 2.66. The minimum absolute atomic E-state index is 0.158. The van der Waals surface area contributed by atoms with Gasteiger partial charge in [0.1, 0.15) is 7.85 Å². The van der Waals surface area contributed by atoms with Crippen LogP contribution >= 0.6 is 0 Å². The summed E-state index contributed by atoms with van der Waals surface area (Å²) in [4.78, 5) is 3.97. The zero-order chi connectivity index (χ0) is 8.27. The normalized spacial score (nSPS) is 10.1. The highest BCUT2D eigenvalue weighted by Crippen LogP contribution is 2.04. The highest BCUT2D eigenvalue weighted by Gasteiger charge is 1.96. The highest BCUT2D eigenvalue weighted by molar-refractivity contribution is 6.32. The van der Waals surface area contributed by atoms with E-state index in [-0.39, 0.29) is 6.10 Å². The summed E-state index contributed by atoms with van der Waals surface area (Å²) in [6, 6.07) is 3.53. The van der Waals surface area contributed by atoms with Crippen molar-refractivity contribution in [1.82, 2.24) is 4.98 Å². The number of aromatic nitrogens is 1. The zero-order valence-electron chi connectivity index (χ0n) is 6.74. The number of ether oxygens (including phenoxy) is 1. The minimum Gasteiger partial charge on any atom is -0.475 e. The molecule has 2 radical (unpaired) electrons. The molecule has 0 aromatic carbocycles. The van der Waals surface area contributed by atoms with E-state index in [1.54, 1.807) is 18.3 Å². The van der Waals surface area contributed by atoms with Crippen LogP contribution in [0.5, 0.6) is 5.88 Å². The fourth-order valence-electron chi connectivity index (χ4n) is 0.703. The molecule has 1 aromatic heterocycles. The molecule has 0 bridgehead atoms. The lowest BCUT2D eigenvalue weighted by Gasteiger charge is -2.07. The van der Waals surface area contributed by atoms with Gasteiger partial charge in [-0.25, -0.2) is 4.98 Å². The standard InChI is InChI=1S/C8H10BNO/c1-6(2)11-8-4-3-7(9)5-10-8/h3-6H,1-2H3. The average Bonchev–Trinajstić information content (AvgIpc) is 1.93. The lowest BCUT2D eigenvalue weighted by molar-refractivity contribution is 0.233. The maximum atomic E-state index is 5.44. The highest BCUT2D eigenvalue weighted by atomic mass is 16.5. The molecule has 0 atom stereocenters. The molecule has 1 heterocycles. The predicted octanol–water partition coefficient (Wildman–Crippen LogP) is 0.663. The minimum atomic E-state index is 0.158. The lowest BCUT2D eigenvalue weighted by atomic mass is 9.99. The summed E-state index contributed by atoms with van der Waals surface area (Å²) in [5.74, 6) is 0.620. The quantitative estimate of drug-likeness (QED) is 0.573. The molecule has 56 valence electrons. The van der Waals surface area contributed by atoms with Gasteiger partial charge in [-0.15, -0.1) is 0 Å². The average molecular weight is 147 g/mol. The summed E-state index contributed by atoms with van der Waals surface area (Å²) in [6.45, 7) is 3.91. The van der Waals surface area contributed by atoms with Gasteiger partial charge >= 0.3 is 0 Å². The first-order valence-corrected chi connectivity index (χ1v) is 3.56. The molecular formula is C8H10BNO. The first-order valence-electron chi connectivity index (χ1n) is 3.56. The third-order valence-electron chi connectivity index (χ3n) is 1.12. The van der Waals surface area contributed by atoms with Crippen LogP contribution in [0.15, 0.2) is 18.3 Å². The van der Waals surface area contributed by atoms with Gasteiger partial charge in [-0.1, -0.05) is 11.5 Å². The SMILES string of the molecule is [B]c1ccc(OC(C)C)nc1. The monoisotopic (exact) mass is 147 g/mol.